The summed E-state index contributed by atoms with van der Waals surface area (Å²) < 4.78 is 11.2. The van der Waals surface area contributed by atoms with Crippen molar-refractivity contribution < 1.29 is 14.3 Å². The maximum atomic E-state index is 11.2. The molecule has 1 aromatic rings. The van der Waals surface area contributed by atoms with Crippen LogP contribution in [0.2, 0.25) is 0 Å². The molecule has 98 valence electrons. The lowest BCUT2D eigenvalue weighted by Gasteiger charge is -2.33. The third-order valence-corrected chi connectivity index (χ3v) is 3.47. The Labute approximate surface area is 119 Å². The molecule has 1 saturated heterocycles. The van der Waals surface area contributed by atoms with Gasteiger partial charge in [0.2, 0.25) is 0 Å². The van der Waals surface area contributed by atoms with Crippen LogP contribution < -0.4 is 4.90 Å². The zero-order valence-electron chi connectivity index (χ0n) is 10.0. The molecule has 0 N–H and O–H groups in total. The first-order valence-electron chi connectivity index (χ1n) is 5.59. The predicted molar refractivity (Wildman–Crippen MR) is 73.3 cm³/mol. The van der Waals surface area contributed by atoms with E-state index < -0.39 is 0 Å². The molecule has 0 spiro atoms. The second kappa shape index (κ2) is 6.28. The van der Waals surface area contributed by atoms with E-state index in [1.54, 1.807) is 6.20 Å². The summed E-state index contributed by atoms with van der Waals surface area (Å²) in [7, 11) is 1.39. The number of carbonyl (C=O) groups excluding carboxylic acids is 1. The van der Waals surface area contributed by atoms with E-state index in [9.17, 15) is 4.79 Å². The van der Waals surface area contributed by atoms with Gasteiger partial charge in [-0.05, 0) is 22.6 Å². The molecule has 1 aliphatic rings. The van der Waals surface area contributed by atoms with Gasteiger partial charge in [0.25, 0.3) is 0 Å². The predicted octanol–water partition coefficient (Wildman–Crippen LogP) is 0.849. The summed E-state index contributed by atoms with van der Waals surface area (Å²) in [6.07, 6.45) is 3.43. The Morgan fingerprint density at radius 1 is 1.72 bits per heavy atom. The summed E-state index contributed by atoms with van der Waals surface area (Å²) in [6.45, 7) is 1.99. The van der Waals surface area contributed by atoms with Crippen molar-refractivity contribution in [2.45, 2.75) is 12.5 Å². The minimum absolute atomic E-state index is 0.142. The molecular weight excluding hydrogens is 349 g/mol. The molecule has 18 heavy (non-hydrogen) atoms. The molecule has 0 aliphatic carbocycles. The molecule has 1 aliphatic heterocycles. The zero-order chi connectivity index (χ0) is 13.0. The summed E-state index contributed by atoms with van der Waals surface area (Å²) in [5.41, 5.74) is 0. The van der Waals surface area contributed by atoms with E-state index in [0.717, 1.165) is 15.9 Å². The molecule has 1 fully saturated rings. The normalized spacial score (nSPS) is 19.7. The average molecular weight is 363 g/mol. The van der Waals surface area contributed by atoms with Crippen LogP contribution in [0.3, 0.4) is 0 Å². The van der Waals surface area contributed by atoms with Gasteiger partial charge in [-0.3, -0.25) is 4.79 Å². The quantitative estimate of drug-likeness (QED) is 0.586. The van der Waals surface area contributed by atoms with Crippen LogP contribution in [0, 0.1) is 3.57 Å². The van der Waals surface area contributed by atoms with Crippen LogP contribution in [-0.4, -0.2) is 48.8 Å². The summed E-state index contributed by atoms with van der Waals surface area (Å²) >= 11 is 2.20. The molecule has 2 rings (SSSR count). The number of esters is 1. The Morgan fingerprint density at radius 3 is 3.28 bits per heavy atom. The number of halogens is 1. The molecule has 2 heterocycles. The summed E-state index contributed by atoms with van der Waals surface area (Å²) in [5.74, 6) is 0.642. The van der Waals surface area contributed by atoms with Gasteiger partial charge in [-0.15, -0.1) is 0 Å². The number of rotatable bonds is 3. The van der Waals surface area contributed by atoms with Gasteiger partial charge in [-0.1, -0.05) is 0 Å². The minimum atomic E-state index is -0.251. The van der Waals surface area contributed by atoms with Crippen LogP contribution in [-0.2, 0) is 14.3 Å². The zero-order valence-corrected chi connectivity index (χ0v) is 12.2. The van der Waals surface area contributed by atoms with Crippen LogP contribution in [0.4, 0.5) is 5.82 Å². The number of hydrogen-bond acceptors (Lipinski definition) is 6. The van der Waals surface area contributed by atoms with Crippen LogP contribution in [0.15, 0.2) is 12.5 Å². The molecular formula is C11H14IN3O3. The SMILES string of the molecule is COC(=O)CC1CN(c2ncncc2I)CCO1. The highest BCUT2D eigenvalue weighted by Gasteiger charge is 2.25. The fraction of sp³-hybridized carbons (Fsp3) is 0.545. The van der Waals surface area contributed by atoms with Crippen LogP contribution in [0.25, 0.3) is 0 Å². The Hall–Kier alpha value is -0.960. The lowest BCUT2D eigenvalue weighted by molar-refractivity contribution is -0.144. The molecule has 0 aromatic carbocycles. The molecule has 1 unspecified atom stereocenters. The van der Waals surface area contributed by atoms with E-state index in [0.29, 0.717) is 13.2 Å². The van der Waals surface area contributed by atoms with E-state index in [-0.39, 0.29) is 18.5 Å². The van der Waals surface area contributed by atoms with Gasteiger partial charge in [0, 0.05) is 19.3 Å². The molecule has 6 nitrogen and oxygen atoms in total. The molecule has 1 aromatic heterocycles. The van der Waals surface area contributed by atoms with Gasteiger partial charge in [0.15, 0.2) is 0 Å². The van der Waals surface area contributed by atoms with Crippen molar-refractivity contribution in [3.05, 3.63) is 16.1 Å². The monoisotopic (exact) mass is 363 g/mol. The first-order valence-corrected chi connectivity index (χ1v) is 6.67. The Bertz CT molecular complexity index is 430. The van der Waals surface area contributed by atoms with Crippen molar-refractivity contribution in [2.75, 3.05) is 31.7 Å². The molecule has 0 radical (unpaired) electrons. The number of anilines is 1. The number of ether oxygens (including phenoxy) is 2. The summed E-state index contributed by atoms with van der Waals surface area (Å²) in [6, 6.07) is 0. The molecule has 0 amide bonds. The summed E-state index contributed by atoms with van der Waals surface area (Å²) in [5, 5.41) is 0. The first kappa shape index (κ1) is 13.5. The third-order valence-electron chi connectivity index (χ3n) is 2.71. The van der Waals surface area contributed by atoms with Gasteiger partial charge in [0.05, 0.1) is 29.8 Å². The van der Waals surface area contributed by atoms with Gasteiger partial charge in [-0.25, -0.2) is 9.97 Å². The lowest BCUT2D eigenvalue weighted by atomic mass is 10.2. The Kier molecular flexibility index (Phi) is 4.70. The smallest absolute Gasteiger partial charge is 0.308 e. The van der Waals surface area contributed by atoms with Crippen molar-refractivity contribution in [2.24, 2.45) is 0 Å². The van der Waals surface area contributed by atoms with E-state index in [1.807, 2.05) is 0 Å². The molecule has 1 atom stereocenters. The number of nitrogens with zero attached hydrogens (tertiary/aromatic N) is 3. The highest BCUT2D eigenvalue weighted by Crippen LogP contribution is 2.21. The lowest BCUT2D eigenvalue weighted by Crippen LogP contribution is -2.44. The number of methoxy groups -OCH3 is 1. The average Bonchev–Trinajstić information content (AvgIpc) is 2.39. The van der Waals surface area contributed by atoms with E-state index >= 15 is 0 Å². The molecule has 7 heteroatoms. The van der Waals surface area contributed by atoms with Crippen molar-refractivity contribution in [1.29, 1.82) is 0 Å². The second-order valence-electron chi connectivity index (χ2n) is 3.91. The van der Waals surface area contributed by atoms with E-state index in [4.69, 9.17) is 4.74 Å². The number of hydrogen-bond donors (Lipinski definition) is 0. The van der Waals surface area contributed by atoms with Crippen molar-refractivity contribution >= 4 is 34.4 Å². The fourth-order valence-corrected chi connectivity index (χ4v) is 2.48. The van der Waals surface area contributed by atoms with E-state index in [2.05, 4.69) is 42.2 Å². The van der Waals surface area contributed by atoms with Gasteiger partial charge in [-0.2, -0.15) is 0 Å². The van der Waals surface area contributed by atoms with Crippen molar-refractivity contribution in [3.63, 3.8) is 0 Å². The van der Waals surface area contributed by atoms with Gasteiger partial charge >= 0.3 is 5.97 Å². The molecule has 0 bridgehead atoms. The number of morpholine rings is 1. The van der Waals surface area contributed by atoms with Crippen LogP contribution >= 0.6 is 22.6 Å². The van der Waals surface area contributed by atoms with Gasteiger partial charge < -0.3 is 14.4 Å². The third kappa shape index (κ3) is 3.29. The highest BCUT2D eigenvalue weighted by atomic mass is 127. The second-order valence-corrected chi connectivity index (χ2v) is 5.08. The van der Waals surface area contributed by atoms with Crippen molar-refractivity contribution in [3.8, 4) is 0 Å². The Balaban J connectivity index is 2.03. The standard InChI is InChI=1S/C11H14IN3O3/c1-17-10(16)4-8-6-15(2-3-18-8)11-9(12)5-13-7-14-11/h5,7-8H,2-4,6H2,1H3. The maximum absolute atomic E-state index is 11.2. The number of carbonyl (C=O) groups is 1. The van der Waals surface area contributed by atoms with Gasteiger partial charge in [0.1, 0.15) is 12.1 Å². The van der Waals surface area contributed by atoms with E-state index in [1.165, 1.54) is 13.4 Å². The highest BCUT2D eigenvalue weighted by molar-refractivity contribution is 14.1. The van der Waals surface area contributed by atoms with Crippen molar-refractivity contribution in [1.82, 2.24) is 9.97 Å². The Morgan fingerprint density at radius 2 is 2.56 bits per heavy atom. The van der Waals surface area contributed by atoms with Crippen LogP contribution in [0.5, 0.6) is 0 Å². The minimum Gasteiger partial charge on any atom is -0.469 e. The maximum Gasteiger partial charge on any atom is 0.308 e. The summed E-state index contributed by atoms with van der Waals surface area (Å²) in [4.78, 5) is 21.6. The largest absolute Gasteiger partial charge is 0.469 e. The molecule has 0 saturated carbocycles. The first-order chi connectivity index (χ1) is 8.70. The number of aromatic nitrogens is 2. The van der Waals surface area contributed by atoms with Crippen LogP contribution in [0.1, 0.15) is 6.42 Å². The fourth-order valence-electron chi connectivity index (χ4n) is 1.84. The topological polar surface area (TPSA) is 64.5 Å².